The van der Waals surface area contributed by atoms with E-state index >= 15 is 0 Å². The van der Waals surface area contributed by atoms with Crippen LogP contribution in [0.3, 0.4) is 0 Å². The monoisotopic (exact) mass is 311 g/mol. The summed E-state index contributed by atoms with van der Waals surface area (Å²) in [7, 11) is 1.64. The van der Waals surface area contributed by atoms with Crippen molar-refractivity contribution < 1.29 is 9.53 Å². The summed E-state index contributed by atoms with van der Waals surface area (Å²) in [6.45, 7) is 6.63. The van der Waals surface area contributed by atoms with Gasteiger partial charge in [0.1, 0.15) is 5.75 Å². The lowest BCUT2D eigenvalue weighted by molar-refractivity contribution is 0.0674. The molecule has 2 aromatic rings. The Labute approximate surface area is 136 Å². The second-order valence-electron chi connectivity index (χ2n) is 6.25. The Morgan fingerprint density at radius 2 is 1.96 bits per heavy atom. The van der Waals surface area contributed by atoms with E-state index in [4.69, 9.17) is 4.74 Å². The molecule has 0 fully saturated rings. The summed E-state index contributed by atoms with van der Waals surface area (Å²) < 4.78 is 6.95. The van der Waals surface area contributed by atoms with Crippen LogP contribution in [0, 0.1) is 6.92 Å². The Kier molecular flexibility index (Phi) is 3.72. The van der Waals surface area contributed by atoms with Crippen molar-refractivity contribution in [3.05, 3.63) is 53.9 Å². The van der Waals surface area contributed by atoms with Gasteiger partial charge < -0.3 is 9.64 Å². The van der Waals surface area contributed by atoms with E-state index in [2.05, 4.69) is 11.2 Å². The predicted molar refractivity (Wildman–Crippen MR) is 89.1 cm³/mol. The van der Waals surface area contributed by atoms with Crippen LogP contribution in [0.15, 0.2) is 42.5 Å². The average molecular weight is 311 g/mol. The second-order valence-corrected chi connectivity index (χ2v) is 6.25. The van der Waals surface area contributed by atoms with Gasteiger partial charge in [-0.2, -0.15) is 5.10 Å². The first-order chi connectivity index (χ1) is 10.9. The van der Waals surface area contributed by atoms with E-state index in [0.29, 0.717) is 12.2 Å². The van der Waals surface area contributed by atoms with Gasteiger partial charge in [0.15, 0.2) is 5.69 Å². The lowest BCUT2D eigenvalue weighted by Gasteiger charge is -2.30. The second kappa shape index (κ2) is 5.57. The zero-order valence-corrected chi connectivity index (χ0v) is 13.9. The lowest BCUT2D eigenvalue weighted by atomic mass is 10.1. The van der Waals surface area contributed by atoms with E-state index < -0.39 is 0 Å². The highest BCUT2D eigenvalue weighted by molar-refractivity contribution is 5.93. The number of carbonyl (C=O) groups excluding carboxylic acids is 1. The minimum absolute atomic E-state index is 0.0460. The molecule has 5 heteroatoms. The zero-order valence-electron chi connectivity index (χ0n) is 13.9. The Morgan fingerprint density at radius 1 is 1.26 bits per heavy atom. The number of aryl methyl sites for hydroxylation is 1. The Hall–Kier alpha value is -2.56. The summed E-state index contributed by atoms with van der Waals surface area (Å²) >= 11 is 0. The molecule has 23 heavy (non-hydrogen) atoms. The molecule has 0 unspecified atom stereocenters. The fourth-order valence-corrected chi connectivity index (χ4v) is 2.82. The van der Waals surface area contributed by atoms with Crippen molar-refractivity contribution in [2.75, 3.05) is 13.7 Å². The maximum absolute atomic E-state index is 12.7. The maximum atomic E-state index is 12.7. The molecule has 0 saturated heterocycles. The minimum atomic E-state index is -0.269. The molecule has 1 aliphatic rings. The number of nitrogens with zero attached hydrogens (tertiary/aromatic N) is 3. The van der Waals surface area contributed by atoms with Crippen molar-refractivity contribution >= 4 is 5.91 Å². The summed E-state index contributed by atoms with van der Waals surface area (Å²) in [4.78, 5) is 14.6. The van der Waals surface area contributed by atoms with Crippen molar-refractivity contribution in [3.63, 3.8) is 0 Å². The first-order valence-electron chi connectivity index (χ1n) is 7.63. The number of ether oxygens (including phenoxy) is 1. The molecular formula is C18H21N3O2. The molecule has 1 amide bonds. The van der Waals surface area contributed by atoms with Gasteiger partial charge in [-0.3, -0.25) is 4.79 Å². The SMILES string of the molecule is COc1ccc(-n2nc(C(=O)N3CC=CC3(C)C)cc2C)cc1. The van der Waals surface area contributed by atoms with E-state index in [1.54, 1.807) is 11.8 Å². The molecule has 0 bridgehead atoms. The van der Waals surface area contributed by atoms with E-state index in [-0.39, 0.29) is 11.4 Å². The molecule has 0 N–H and O–H groups in total. The van der Waals surface area contributed by atoms with Crippen molar-refractivity contribution in [2.45, 2.75) is 26.3 Å². The van der Waals surface area contributed by atoms with Crippen LogP contribution in [-0.2, 0) is 0 Å². The minimum Gasteiger partial charge on any atom is -0.497 e. The van der Waals surface area contributed by atoms with Gasteiger partial charge >= 0.3 is 0 Å². The van der Waals surface area contributed by atoms with Gasteiger partial charge in [-0.15, -0.1) is 0 Å². The van der Waals surface area contributed by atoms with Gasteiger partial charge in [-0.05, 0) is 51.1 Å². The van der Waals surface area contributed by atoms with Crippen LogP contribution in [0.5, 0.6) is 5.75 Å². The predicted octanol–water partition coefficient (Wildman–Crippen LogP) is 2.98. The summed E-state index contributed by atoms with van der Waals surface area (Å²) in [6, 6.07) is 9.45. The zero-order chi connectivity index (χ0) is 16.6. The normalized spacial score (nSPS) is 15.9. The molecule has 1 aromatic carbocycles. The van der Waals surface area contributed by atoms with Crippen molar-refractivity contribution in [1.29, 1.82) is 0 Å². The molecule has 0 aliphatic carbocycles. The Balaban J connectivity index is 1.90. The van der Waals surface area contributed by atoms with Crippen molar-refractivity contribution in [2.24, 2.45) is 0 Å². The number of hydrogen-bond donors (Lipinski definition) is 0. The number of hydrogen-bond acceptors (Lipinski definition) is 3. The van der Waals surface area contributed by atoms with Crippen molar-refractivity contribution in [3.8, 4) is 11.4 Å². The fourth-order valence-electron chi connectivity index (χ4n) is 2.82. The third-order valence-corrected chi connectivity index (χ3v) is 4.18. The molecule has 0 saturated carbocycles. The molecule has 0 radical (unpaired) electrons. The fraction of sp³-hybridized carbons (Fsp3) is 0.333. The number of benzene rings is 1. The quantitative estimate of drug-likeness (QED) is 0.819. The van der Waals surface area contributed by atoms with E-state index in [0.717, 1.165) is 17.1 Å². The Bertz CT molecular complexity index is 757. The molecular weight excluding hydrogens is 290 g/mol. The summed E-state index contributed by atoms with van der Waals surface area (Å²) in [5, 5.41) is 4.50. The van der Waals surface area contributed by atoms with Crippen LogP contribution in [0.2, 0.25) is 0 Å². The van der Waals surface area contributed by atoms with Gasteiger partial charge in [0.2, 0.25) is 0 Å². The van der Waals surface area contributed by atoms with Crippen LogP contribution in [0.4, 0.5) is 0 Å². The number of rotatable bonds is 3. The summed E-state index contributed by atoms with van der Waals surface area (Å²) in [5.74, 6) is 0.745. The number of carbonyl (C=O) groups is 1. The van der Waals surface area contributed by atoms with Crippen LogP contribution >= 0.6 is 0 Å². The highest BCUT2D eigenvalue weighted by Gasteiger charge is 2.33. The van der Waals surface area contributed by atoms with Crippen LogP contribution in [-0.4, -0.2) is 39.8 Å². The number of aromatic nitrogens is 2. The number of methoxy groups -OCH3 is 1. The maximum Gasteiger partial charge on any atom is 0.275 e. The standard InChI is InChI=1S/C18H21N3O2/c1-13-12-16(17(22)20-11-5-10-18(20,2)3)19-21(13)14-6-8-15(23-4)9-7-14/h5-10,12H,11H2,1-4H3. The molecule has 5 nitrogen and oxygen atoms in total. The van der Waals surface area contributed by atoms with Crippen LogP contribution in [0.25, 0.3) is 5.69 Å². The highest BCUT2D eigenvalue weighted by Crippen LogP contribution is 2.24. The Morgan fingerprint density at radius 3 is 2.52 bits per heavy atom. The van der Waals surface area contributed by atoms with Gasteiger partial charge in [0.25, 0.3) is 5.91 Å². The molecule has 2 heterocycles. The van der Waals surface area contributed by atoms with Gasteiger partial charge in [-0.1, -0.05) is 12.2 Å². The first-order valence-corrected chi connectivity index (χ1v) is 7.63. The first kappa shape index (κ1) is 15.3. The molecule has 120 valence electrons. The van der Waals surface area contributed by atoms with Gasteiger partial charge in [0.05, 0.1) is 18.3 Å². The topological polar surface area (TPSA) is 47.4 Å². The summed E-state index contributed by atoms with van der Waals surface area (Å²) in [5.41, 5.74) is 2.02. The molecule has 1 aliphatic heterocycles. The third-order valence-electron chi connectivity index (χ3n) is 4.18. The molecule has 0 atom stereocenters. The molecule has 3 rings (SSSR count). The van der Waals surface area contributed by atoms with Crippen LogP contribution in [0.1, 0.15) is 30.0 Å². The largest absolute Gasteiger partial charge is 0.497 e. The lowest BCUT2D eigenvalue weighted by Crippen LogP contribution is -2.43. The molecule has 1 aromatic heterocycles. The van der Waals surface area contributed by atoms with E-state index in [1.807, 2.05) is 62.1 Å². The van der Waals surface area contributed by atoms with E-state index in [9.17, 15) is 4.79 Å². The van der Waals surface area contributed by atoms with Crippen molar-refractivity contribution in [1.82, 2.24) is 14.7 Å². The highest BCUT2D eigenvalue weighted by atomic mass is 16.5. The average Bonchev–Trinajstić information content (AvgIpc) is 3.09. The van der Waals surface area contributed by atoms with E-state index in [1.165, 1.54) is 0 Å². The van der Waals surface area contributed by atoms with Crippen LogP contribution < -0.4 is 4.74 Å². The number of amides is 1. The van der Waals surface area contributed by atoms with Gasteiger partial charge in [-0.25, -0.2) is 4.68 Å². The third kappa shape index (κ3) is 2.74. The smallest absolute Gasteiger partial charge is 0.275 e. The van der Waals surface area contributed by atoms with Gasteiger partial charge in [0, 0.05) is 12.2 Å². The summed E-state index contributed by atoms with van der Waals surface area (Å²) in [6.07, 6.45) is 4.07. The molecule has 0 spiro atoms.